The summed E-state index contributed by atoms with van der Waals surface area (Å²) in [7, 11) is 0. The van der Waals surface area contributed by atoms with Gasteiger partial charge in [-0.1, -0.05) is 24.3 Å². The number of nitrogens with one attached hydrogen (secondary N) is 1. The van der Waals surface area contributed by atoms with Crippen LogP contribution in [0.4, 0.5) is 23.2 Å². The molecule has 0 spiro atoms. The van der Waals surface area contributed by atoms with E-state index in [2.05, 4.69) is 5.32 Å². The number of rotatable bonds is 4. The number of thiocarbonyl (C=S) groups is 1. The van der Waals surface area contributed by atoms with Crippen LogP contribution < -0.4 is 15.0 Å². The zero-order chi connectivity index (χ0) is 24.5. The Morgan fingerprint density at radius 2 is 1.56 bits per heavy atom. The summed E-state index contributed by atoms with van der Waals surface area (Å²) in [6.45, 7) is 0. The van der Waals surface area contributed by atoms with E-state index in [4.69, 9.17) is 17.0 Å². The second kappa shape index (κ2) is 9.06. The highest BCUT2D eigenvalue weighted by Gasteiger charge is 2.35. The molecule has 1 heterocycles. The summed E-state index contributed by atoms with van der Waals surface area (Å²) < 4.78 is 58.3. The Labute approximate surface area is 196 Å². The summed E-state index contributed by atoms with van der Waals surface area (Å²) in [6, 6.07) is 17.1. The summed E-state index contributed by atoms with van der Waals surface area (Å²) in [5.41, 5.74) is -1.73. The second-order valence-electron chi connectivity index (χ2n) is 7.10. The molecule has 10 heteroatoms. The lowest BCUT2D eigenvalue weighted by atomic mass is 10.0. The molecule has 2 amide bonds. The van der Waals surface area contributed by atoms with Crippen molar-refractivity contribution in [1.29, 1.82) is 0 Å². The second-order valence-corrected chi connectivity index (χ2v) is 7.49. The highest BCUT2D eigenvalue weighted by atomic mass is 32.1. The van der Waals surface area contributed by atoms with Crippen LogP contribution in [-0.4, -0.2) is 16.9 Å². The third-order valence-corrected chi connectivity index (χ3v) is 5.09. The van der Waals surface area contributed by atoms with E-state index >= 15 is 0 Å². The first-order valence-corrected chi connectivity index (χ1v) is 10.2. The molecule has 0 radical (unpaired) electrons. The maximum absolute atomic E-state index is 14.3. The van der Waals surface area contributed by atoms with E-state index in [0.29, 0.717) is 29.3 Å². The van der Waals surface area contributed by atoms with E-state index in [1.165, 1.54) is 12.1 Å². The molecule has 1 aliphatic heterocycles. The molecule has 0 unspecified atom stereocenters. The Balaban J connectivity index is 1.61. The predicted octanol–water partition coefficient (Wildman–Crippen LogP) is 5.47. The fraction of sp³-hybridized carbons (Fsp3) is 0.0417. The van der Waals surface area contributed by atoms with Gasteiger partial charge in [0.1, 0.15) is 22.9 Å². The summed E-state index contributed by atoms with van der Waals surface area (Å²) in [5.74, 6) is -1.89. The van der Waals surface area contributed by atoms with Gasteiger partial charge in [-0.2, -0.15) is 13.2 Å². The molecule has 4 rings (SSSR count). The average Bonchev–Trinajstić information content (AvgIpc) is 2.78. The maximum Gasteiger partial charge on any atom is 0.416 e. The minimum atomic E-state index is -4.73. The van der Waals surface area contributed by atoms with Crippen LogP contribution in [0.15, 0.2) is 78.4 Å². The van der Waals surface area contributed by atoms with Crippen molar-refractivity contribution in [3.63, 3.8) is 0 Å². The number of halogens is 4. The van der Waals surface area contributed by atoms with Crippen LogP contribution in [0.2, 0.25) is 0 Å². The first kappa shape index (κ1) is 23.1. The first-order valence-electron chi connectivity index (χ1n) is 9.74. The molecular formula is C24H14F4N2O3S. The SMILES string of the molecule is O=C1NC(=S)N(c2ccc(Oc3ccccc3)cc2)C(=O)C1=Cc1ccc(C(F)(F)F)cc1F. The Morgan fingerprint density at radius 1 is 0.912 bits per heavy atom. The third-order valence-electron chi connectivity index (χ3n) is 4.80. The molecule has 1 N–H and O–H groups in total. The smallest absolute Gasteiger partial charge is 0.416 e. The minimum absolute atomic E-state index is 0.197. The number of anilines is 1. The van der Waals surface area contributed by atoms with Gasteiger partial charge >= 0.3 is 6.18 Å². The predicted molar refractivity (Wildman–Crippen MR) is 121 cm³/mol. The molecule has 0 bridgehead atoms. The zero-order valence-corrected chi connectivity index (χ0v) is 17.9. The van der Waals surface area contributed by atoms with E-state index in [1.54, 1.807) is 24.3 Å². The van der Waals surface area contributed by atoms with Gasteiger partial charge in [0.05, 0.1) is 11.3 Å². The molecule has 1 fully saturated rings. The molecule has 0 aromatic heterocycles. The number of carbonyl (C=O) groups is 2. The molecular weight excluding hydrogens is 472 g/mol. The number of alkyl halides is 3. The van der Waals surface area contributed by atoms with Crippen LogP contribution in [-0.2, 0) is 15.8 Å². The van der Waals surface area contributed by atoms with Gasteiger partial charge in [-0.25, -0.2) is 4.39 Å². The Hall–Kier alpha value is -4.05. The summed E-state index contributed by atoms with van der Waals surface area (Å²) in [4.78, 5) is 26.4. The first-order chi connectivity index (χ1) is 16.1. The Bertz CT molecular complexity index is 1310. The van der Waals surface area contributed by atoms with Gasteiger partial charge in [0.2, 0.25) is 0 Å². The number of ether oxygens (including phenoxy) is 1. The fourth-order valence-electron chi connectivity index (χ4n) is 3.16. The quantitative estimate of drug-likeness (QED) is 0.230. The number of amides is 2. The van der Waals surface area contributed by atoms with E-state index in [-0.39, 0.29) is 10.7 Å². The van der Waals surface area contributed by atoms with Gasteiger partial charge in [0.25, 0.3) is 11.8 Å². The molecule has 3 aromatic rings. The van der Waals surface area contributed by atoms with Crippen molar-refractivity contribution >= 4 is 40.9 Å². The van der Waals surface area contributed by atoms with E-state index in [0.717, 1.165) is 17.0 Å². The topological polar surface area (TPSA) is 58.6 Å². The Kier molecular flexibility index (Phi) is 6.16. The van der Waals surface area contributed by atoms with Crippen molar-refractivity contribution < 1.29 is 31.9 Å². The molecule has 0 atom stereocenters. The van der Waals surface area contributed by atoms with Crippen LogP contribution in [0.5, 0.6) is 11.5 Å². The molecule has 0 aliphatic carbocycles. The number of hydrogen-bond acceptors (Lipinski definition) is 4. The number of benzene rings is 3. The molecule has 1 saturated heterocycles. The molecule has 34 heavy (non-hydrogen) atoms. The average molecular weight is 486 g/mol. The van der Waals surface area contributed by atoms with Crippen LogP contribution in [0, 0.1) is 5.82 Å². The molecule has 3 aromatic carbocycles. The number of para-hydroxylation sites is 1. The number of hydrogen-bond donors (Lipinski definition) is 1. The standard InChI is InChI=1S/C24H14F4N2O3S/c25-20-13-15(24(26,27)28)7-6-14(20)12-19-21(31)29-23(34)30(22(19)32)16-8-10-18(11-9-16)33-17-4-2-1-3-5-17/h1-13H,(H,29,31,34). The third kappa shape index (κ3) is 4.81. The maximum atomic E-state index is 14.3. The van der Waals surface area contributed by atoms with Crippen LogP contribution in [0.3, 0.4) is 0 Å². The largest absolute Gasteiger partial charge is 0.457 e. The van der Waals surface area contributed by atoms with Crippen LogP contribution in [0.1, 0.15) is 11.1 Å². The van der Waals surface area contributed by atoms with Crippen LogP contribution >= 0.6 is 12.2 Å². The van der Waals surface area contributed by atoms with E-state index in [9.17, 15) is 27.2 Å². The van der Waals surface area contributed by atoms with Crippen molar-refractivity contribution in [2.24, 2.45) is 0 Å². The highest BCUT2D eigenvalue weighted by molar-refractivity contribution is 7.80. The summed E-state index contributed by atoms with van der Waals surface area (Å²) >= 11 is 5.12. The Morgan fingerprint density at radius 3 is 2.18 bits per heavy atom. The van der Waals surface area contributed by atoms with Crippen molar-refractivity contribution in [2.45, 2.75) is 6.18 Å². The van der Waals surface area contributed by atoms with Gasteiger partial charge in [-0.05, 0) is 66.8 Å². The molecule has 5 nitrogen and oxygen atoms in total. The van der Waals surface area contributed by atoms with Crippen molar-refractivity contribution in [3.05, 3.63) is 95.3 Å². The fourth-order valence-corrected chi connectivity index (χ4v) is 3.44. The molecule has 1 aliphatic rings. The van der Waals surface area contributed by atoms with Gasteiger partial charge in [-0.15, -0.1) is 0 Å². The summed E-state index contributed by atoms with van der Waals surface area (Å²) in [6.07, 6.45) is -3.85. The monoisotopic (exact) mass is 486 g/mol. The number of nitrogens with zero attached hydrogens (tertiary/aromatic N) is 1. The van der Waals surface area contributed by atoms with Gasteiger partial charge in [-0.3, -0.25) is 19.8 Å². The van der Waals surface area contributed by atoms with Gasteiger partial charge in [0.15, 0.2) is 5.11 Å². The molecule has 0 saturated carbocycles. The van der Waals surface area contributed by atoms with E-state index < -0.39 is 34.9 Å². The van der Waals surface area contributed by atoms with Crippen molar-refractivity contribution in [2.75, 3.05) is 4.90 Å². The summed E-state index contributed by atoms with van der Waals surface area (Å²) in [5, 5.41) is 2.14. The lowest BCUT2D eigenvalue weighted by Crippen LogP contribution is -2.54. The van der Waals surface area contributed by atoms with E-state index in [1.807, 2.05) is 18.2 Å². The minimum Gasteiger partial charge on any atom is -0.457 e. The van der Waals surface area contributed by atoms with Gasteiger partial charge in [0, 0.05) is 5.56 Å². The van der Waals surface area contributed by atoms with Crippen molar-refractivity contribution in [3.8, 4) is 11.5 Å². The molecule has 172 valence electrons. The lowest BCUT2D eigenvalue weighted by molar-refractivity contribution is -0.137. The normalized spacial score (nSPS) is 15.5. The lowest BCUT2D eigenvalue weighted by Gasteiger charge is -2.29. The number of carbonyl (C=O) groups excluding carboxylic acids is 2. The van der Waals surface area contributed by atoms with Crippen molar-refractivity contribution in [1.82, 2.24) is 5.32 Å². The highest BCUT2D eigenvalue weighted by Crippen LogP contribution is 2.31. The van der Waals surface area contributed by atoms with Crippen LogP contribution in [0.25, 0.3) is 6.08 Å². The zero-order valence-electron chi connectivity index (χ0n) is 17.1. The van der Waals surface area contributed by atoms with Gasteiger partial charge < -0.3 is 4.74 Å².